The zero-order valence-electron chi connectivity index (χ0n) is 11.1. The lowest BCUT2D eigenvalue weighted by Crippen LogP contribution is -2.39. The second kappa shape index (κ2) is 4.98. The SMILES string of the molecule is COC(C)(CN)Cc1c(C)cc(C)cc1C. The minimum atomic E-state index is -0.259. The quantitative estimate of drug-likeness (QED) is 0.848. The van der Waals surface area contributed by atoms with Crippen LogP contribution in [0.25, 0.3) is 0 Å². The predicted molar refractivity (Wildman–Crippen MR) is 68.8 cm³/mol. The highest BCUT2D eigenvalue weighted by atomic mass is 16.5. The first kappa shape index (κ1) is 13.2. The fraction of sp³-hybridized carbons (Fsp3) is 0.571. The first-order valence-corrected chi connectivity index (χ1v) is 5.74. The van der Waals surface area contributed by atoms with Crippen LogP contribution in [0.2, 0.25) is 0 Å². The Kier molecular flexibility index (Phi) is 4.11. The summed E-state index contributed by atoms with van der Waals surface area (Å²) in [6.07, 6.45) is 0.873. The maximum Gasteiger partial charge on any atom is 0.0812 e. The van der Waals surface area contributed by atoms with E-state index in [9.17, 15) is 0 Å². The number of aryl methyl sites for hydroxylation is 3. The molecule has 0 saturated carbocycles. The number of methoxy groups -OCH3 is 1. The van der Waals surface area contributed by atoms with E-state index >= 15 is 0 Å². The van der Waals surface area contributed by atoms with E-state index in [-0.39, 0.29) is 5.60 Å². The molecule has 0 aliphatic rings. The third-order valence-electron chi connectivity index (χ3n) is 3.32. The number of hydrogen-bond acceptors (Lipinski definition) is 2. The van der Waals surface area contributed by atoms with E-state index in [4.69, 9.17) is 10.5 Å². The minimum Gasteiger partial charge on any atom is -0.377 e. The lowest BCUT2D eigenvalue weighted by atomic mass is 9.89. The summed E-state index contributed by atoms with van der Waals surface area (Å²) in [7, 11) is 1.73. The average molecular weight is 221 g/mol. The minimum absolute atomic E-state index is 0.259. The second-order valence-electron chi connectivity index (χ2n) is 4.91. The van der Waals surface area contributed by atoms with Gasteiger partial charge in [0.1, 0.15) is 0 Å². The Morgan fingerprint density at radius 2 is 1.69 bits per heavy atom. The number of nitrogens with two attached hydrogens (primary N) is 1. The van der Waals surface area contributed by atoms with Crippen molar-refractivity contribution < 1.29 is 4.74 Å². The van der Waals surface area contributed by atoms with Crippen LogP contribution in [0.5, 0.6) is 0 Å². The van der Waals surface area contributed by atoms with Gasteiger partial charge in [-0.3, -0.25) is 0 Å². The molecule has 1 unspecified atom stereocenters. The Bertz CT molecular complexity index is 344. The molecule has 2 heteroatoms. The first-order chi connectivity index (χ1) is 7.41. The second-order valence-corrected chi connectivity index (χ2v) is 4.91. The highest BCUT2D eigenvalue weighted by molar-refractivity contribution is 5.38. The smallest absolute Gasteiger partial charge is 0.0812 e. The van der Waals surface area contributed by atoms with Gasteiger partial charge in [-0.25, -0.2) is 0 Å². The zero-order valence-corrected chi connectivity index (χ0v) is 11.1. The summed E-state index contributed by atoms with van der Waals surface area (Å²) in [6.45, 7) is 9.04. The molecule has 0 radical (unpaired) electrons. The van der Waals surface area contributed by atoms with Crippen LogP contribution in [-0.4, -0.2) is 19.3 Å². The van der Waals surface area contributed by atoms with Crippen molar-refractivity contribution in [3.8, 4) is 0 Å². The molecule has 0 aliphatic carbocycles. The summed E-state index contributed by atoms with van der Waals surface area (Å²) >= 11 is 0. The highest BCUT2D eigenvalue weighted by Gasteiger charge is 2.23. The molecule has 0 saturated heterocycles. The summed E-state index contributed by atoms with van der Waals surface area (Å²) in [6, 6.07) is 4.43. The van der Waals surface area contributed by atoms with E-state index in [0.717, 1.165) is 6.42 Å². The Hall–Kier alpha value is -0.860. The lowest BCUT2D eigenvalue weighted by Gasteiger charge is -2.28. The molecule has 0 heterocycles. The molecule has 0 amide bonds. The summed E-state index contributed by atoms with van der Waals surface area (Å²) in [4.78, 5) is 0. The van der Waals surface area contributed by atoms with Gasteiger partial charge in [0.05, 0.1) is 5.60 Å². The van der Waals surface area contributed by atoms with E-state index < -0.39 is 0 Å². The van der Waals surface area contributed by atoms with E-state index in [0.29, 0.717) is 6.54 Å². The van der Waals surface area contributed by atoms with E-state index in [1.165, 1.54) is 22.3 Å². The molecular weight excluding hydrogens is 198 g/mol. The van der Waals surface area contributed by atoms with Crippen LogP contribution in [-0.2, 0) is 11.2 Å². The molecule has 0 spiro atoms. The maximum absolute atomic E-state index is 5.77. The Morgan fingerprint density at radius 1 is 1.19 bits per heavy atom. The van der Waals surface area contributed by atoms with Crippen molar-refractivity contribution in [2.24, 2.45) is 5.73 Å². The molecule has 1 atom stereocenters. The van der Waals surface area contributed by atoms with Gasteiger partial charge in [0.15, 0.2) is 0 Å². The van der Waals surface area contributed by atoms with Crippen LogP contribution in [0.1, 0.15) is 29.2 Å². The normalized spacial score (nSPS) is 14.9. The molecule has 1 aromatic carbocycles. The van der Waals surface area contributed by atoms with E-state index in [1.807, 2.05) is 0 Å². The van der Waals surface area contributed by atoms with Crippen LogP contribution in [0.3, 0.4) is 0 Å². The Labute approximate surface area is 98.8 Å². The summed E-state index contributed by atoms with van der Waals surface area (Å²) < 4.78 is 5.51. The van der Waals surface area contributed by atoms with Crippen LogP contribution in [0.4, 0.5) is 0 Å². The molecular formula is C14H23NO. The molecule has 0 aliphatic heterocycles. The topological polar surface area (TPSA) is 35.2 Å². The standard InChI is InChI=1S/C14H23NO/c1-10-6-11(2)13(12(3)7-10)8-14(4,9-15)16-5/h6-7H,8-9,15H2,1-5H3. The fourth-order valence-corrected chi connectivity index (χ4v) is 2.09. The molecule has 0 bridgehead atoms. The van der Waals surface area contributed by atoms with Gasteiger partial charge < -0.3 is 10.5 Å². The van der Waals surface area contributed by atoms with Gasteiger partial charge in [-0.1, -0.05) is 17.7 Å². The molecule has 2 N–H and O–H groups in total. The van der Waals surface area contributed by atoms with Gasteiger partial charge in [0.25, 0.3) is 0 Å². The van der Waals surface area contributed by atoms with Crippen molar-refractivity contribution in [2.45, 2.75) is 39.7 Å². The molecule has 16 heavy (non-hydrogen) atoms. The van der Waals surface area contributed by atoms with Gasteiger partial charge in [-0.2, -0.15) is 0 Å². The number of hydrogen-bond donors (Lipinski definition) is 1. The van der Waals surface area contributed by atoms with E-state index in [1.54, 1.807) is 7.11 Å². The molecule has 1 rings (SSSR count). The number of ether oxygens (including phenoxy) is 1. The Balaban J connectivity index is 3.06. The largest absolute Gasteiger partial charge is 0.377 e. The number of benzene rings is 1. The van der Waals surface area contributed by atoms with Crippen molar-refractivity contribution in [3.05, 3.63) is 34.4 Å². The molecule has 1 aromatic rings. The average Bonchev–Trinajstić information content (AvgIpc) is 2.23. The van der Waals surface area contributed by atoms with Gasteiger partial charge in [0, 0.05) is 20.1 Å². The molecule has 0 aromatic heterocycles. The summed E-state index contributed by atoms with van der Waals surface area (Å²) in [5.74, 6) is 0. The zero-order chi connectivity index (χ0) is 12.3. The van der Waals surface area contributed by atoms with Crippen LogP contribution >= 0.6 is 0 Å². The maximum atomic E-state index is 5.77. The van der Waals surface area contributed by atoms with Crippen molar-refractivity contribution in [3.63, 3.8) is 0 Å². The van der Waals surface area contributed by atoms with Crippen molar-refractivity contribution >= 4 is 0 Å². The fourth-order valence-electron chi connectivity index (χ4n) is 2.09. The van der Waals surface area contributed by atoms with E-state index in [2.05, 4.69) is 39.8 Å². The predicted octanol–water partition coefficient (Wildman–Crippen LogP) is 2.52. The summed E-state index contributed by atoms with van der Waals surface area (Å²) in [5, 5.41) is 0. The molecule has 2 nitrogen and oxygen atoms in total. The van der Waals surface area contributed by atoms with Gasteiger partial charge in [-0.15, -0.1) is 0 Å². The third kappa shape index (κ3) is 2.83. The van der Waals surface area contributed by atoms with Crippen LogP contribution in [0, 0.1) is 20.8 Å². The van der Waals surface area contributed by atoms with Crippen LogP contribution < -0.4 is 5.73 Å². The molecule has 0 fully saturated rings. The monoisotopic (exact) mass is 221 g/mol. The van der Waals surface area contributed by atoms with Gasteiger partial charge in [-0.05, 0) is 44.4 Å². The highest BCUT2D eigenvalue weighted by Crippen LogP contribution is 2.23. The third-order valence-corrected chi connectivity index (χ3v) is 3.32. The van der Waals surface area contributed by atoms with Gasteiger partial charge in [0.2, 0.25) is 0 Å². The lowest BCUT2D eigenvalue weighted by molar-refractivity contribution is 0.0141. The summed E-state index contributed by atoms with van der Waals surface area (Å²) in [5.41, 5.74) is 10.8. The number of rotatable bonds is 4. The van der Waals surface area contributed by atoms with Crippen molar-refractivity contribution in [2.75, 3.05) is 13.7 Å². The molecule has 90 valence electrons. The van der Waals surface area contributed by atoms with Crippen molar-refractivity contribution in [1.29, 1.82) is 0 Å². The van der Waals surface area contributed by atoms with Crippen molar-refractivity contribution in [1.82, 2.24) is 0 Å². The van der Waals surface area contributed by atoms with Gasteiger partial charge >= 0.3 is 0 Å². The first-order valence-electron chi connectivity index (χ1n) is 5.74. The Morgan fingerprint density at radius 3 is 2.06 bits per heavy atom. The van der Waals surface area contributed by atoms with Crippen LogP contribution in [0.15, 0.2) is 12.1 Å².